The third-order valence-electron chi connectivity index (χ3n) is 8.26. The number of aromatic carboxylic acids is 1. The highest BCUT2D eigenvalue weighted by Crippen LogP contribution is 2.48. The van der Waals surface area contributed by atoms with Crippen molar-refractivity contribution in [2.24, 2.45) is 0 Å². The van der Waals surface area contributed by atoms with Gasteiger partial charge in [0.05, 0.1) is 5.56 Å². The SMILES string of the molecule is O=C(O)c1ccccc1C1=c2cc3c(c(S(=O)(=O)O)c2Oc2c1cc1c4c2CCCN4CCC1)=CCCC3. The van der Waals surface area contributed by atoms with Crippen LogP contribution in [-0.2, 0) is 29.4 Å². The summed E-state index contributed by atoms with van der Waals surface area (Å²) < 4.78 is 42.9. The number of carbonyl (C=O) groups is 1. The van der Waals surface area contributed by atoms with Crippen molar-refractivity contribution in [2.75, 3.05) is 18.0 Å². The number of hydrogen-bond donors (Lipinski definition) is 2. The summed E-state index contributed by atoms with van der Waals surface area (Å²) in [7, 11) is -4.65. The van der Waals surface area contributed by atoms with Crippen LogP contribution >= 0.6 is 0 Å². The molecular weight excluding hydrogens is 502 g/mol. The summed E-state index contributed by atoms with van der Waals surface area (Å²) in [5.74, 6) is -0.413. The van der Waals surface area contributed by atoms with E-state index in [0.29, 0.717) is 40.2 Å². The van der Waals surface area contributed by atoms with Gasteiger partial charge in [0.25, 0.3) is 10.1 Å². The zero-order valence-corrected chi connectivity index (χ0v) is 21.6. The summed E-state index contributed by atoms with van der Waals surface area (Å²) in [6.07, 6.45) is 7.77. The molecule has 194 valence electrons. The first kappa shape index (κ1) is 23.5. The lowest BCUT2D eigenvalue weighted by atomic mass is 9.82. The topological polar surface area (TPSA) is 104 Å². The molecule has 0 saturated heterocycles. The van der Waals surface area contributed by atoms with E-state index in [1.54, 1.807) is 24.3 Å². The van der Waals surface area contributed by atoms with Crippen molar-refractivity contribution < 1.29 is 27.6 Å². The predicted molar refractivity (Wildman–Crippen MR) is 143 cm³/mol. The van der Waals surface area contributed by atoms with Crippen LogP contribution < -0.4 is 20.1 Å². The third kappa shape index (κ3) is 3.43. The molecule has 3 aromatic carbocycles. The van der Waals surface area contributed by atoms with Gasteiger partial charge in [0, 0.05) is 40.7 Å². The molecule has 0 saturated carbocycles. The molecule has 4 aliphatic rings. The monoisotopic (exact) mass is 529 g/mol. The molecule has 0 unspecified atom stereocenters. The Morgan fingerprint density at radius 2 is 1.68 bits per heavy atom. The number of carboxylic acid groups (broad SMARTS) is 1. The molecule has 2 N–H and O–H groups in total. The normalized spacial score (nSPS) is 17.4. The minimum absolute atomic E-state index is 0.0798. The average Bonchev–Trinajstić information content (AvgIpc) is 2.90. The number of nitrogens with zero attached hydrogens (tertiary/aromatic N) is 1. The van der Waals surface area contributed by atoms with Crippen molar-refractivity contribution in [3.8, 4) is 11.5 Å². The van der Waals surface area contributed by atoms with Gasteiger partial charge in [-0.05, 0) is 85.1 Å². The zero-order chi connectivity index (χ0) is 26.2. The molecule has 0 fully saturated rings. The van der Waals surface area contributed by atoms with Crippen molar-refractivity contribution >= 4 is 33.4 Å². The van der Waals surface area contributed by atoms with Gasteiger partial charge in [-0.1, -0.05) is 24.3 Å². The summed E-state index contributed by atoms with van der Waals surface area (Å²) in [6, 6.07) is 10.9. The van der Waals surface area contributed by atoms with E-state index in [0.717, 1.165) is 67.6 Å². The van der Waals surface area contributed by atoms with Gasteiger partial charge >= 0.3 is 5.97 Å². The van der Waals surface area contributed by atoms with Gasteiger partial charge in [-0.15, -0.1) is 0 Å². The molecular formula is C30H27NO6S. The number of rotatable bonds is 3. The molecule has 0 atom stereocenters. The van der Waals surface area contributed by atoms with Crippen LogP contribution in [0.15, 0.2) is 41.3 Å². The average molecular weight is 530 g/mol. The summed E-state index contributed by atoms with van der Waals surface area (Å²) in [4.78, 5) is 14.5. The smallest absolute Gasteiger partial charge is 0.336 e. The lowest BCUT2D eigenvalue weighted by molar-refractivity contribution is 0.0696. The highest BCUT2D eigenvalue weighted by atomic mass is 32.2. The number of aryl methyl sites for hydroxylation is 2. The standard InChI is InChI=1S/C30H27NO6S/c32-30(33)21-11-4-3-10-20(21)25-23-16-18-8-5-13-31-14-6-12-22(26(18)31)27(23)37-28-24(25)15-17-7-1-2-9-19(17)29(28)38(34,35)36/h3-4,9-11,15-16H,1-2,5-8,12-14H2,(H,32,33)(H,34,35,36). The van der Waals surface area contributed by atoms with Gasteiger partial charge in [-0.3, -0.25) is 4.55 Å². The van der Waals surface area contributed by atoms with Gasteiger partial charge in [-0.25, -0.2) is 4.79 Å². The number of hydrogen-bond acceptors (Lipinski definition) is 5. The minimum atomic E-state index is -4.65. The molecule has 0 aromatic heterocycles. The summed E-state index contributed by atoms with van der Waals surface area (Å²) >= 11 is 0. The summed E-state index contributed by atoms with van der Waals surface area (Å²) in [6.45, 7) is 1.93. The van der Waals surface area contributed by atoms with Gasteiger partial charge in [0.15, 0.2) is 5.75 Å². The van der Waals surface area contributed by atoms with E-state index >= 15 is 0 Å². The van der Waals surface area contributed by atoms with Gasteiger partial charge in [0.2, 0.25) is 0 Å². The highest BCUT2D eigenvalue weighted by molar-refractivity contribution is 7.86. The number of carboxylic acids is 1. The molecule has 0 bridgehead atoms. The number of benzene rings is 3. The highest BCUT2D eigenvalue weighted by Gasteiger charge is 2.35. The second-order valence-electron chi connectivity index (χ2n) is 10.5. The first-order valence-corrected chi connectivity index (χ1v) is 14.6. The molecule has 7 nitrogen and oxygen atoms in total. The van der Waals surface area contributed by atoms with Crippen LogP contribution in [-0.4, -0.2) is 37.1 Å². The fourth-order valence-corrected chi connectivity index (χ4v) is 7.66. The molecule has 0 spiro atoms. The van der Waals surface area contributed by atoms with Crippen LogP contribution in [0.4, 0.5) is 5.69 Å². The van der Waals surface area contributed by atoms with Crippen LogP contribution in [0.5, 0.6) is 11.5 Å². The maximum Gasteiger partial charge on any atom is 0.336 e. The molecule has 38 heavy (non-hydrogen) atoms. The Hall–Kier alpha value is -3.62. The Morgan fingerprint density at radius 1 is 0.921 bits per heavy atom. The molecule has 1 aliphatic carbocycles. The third-order valence-corrected chi connectivity index (χ3v) is 9.18. The van der Waals surface area contributed by atoms with Crippen LogP contribution in [0.1, 0.15) is 63.9 Å². The van der Waals surface area contributed by atoms with E-state index in [9.17, 15) is 22.9 Å². The number of anilines is 1. The van der Waals surface area contributed by atoms with Crippen molar-refractivity contribution in [2.45, 2.75) is 49.8 Å². The van der Waals surface area contributed by atoms with Crippen molar-refractivity contribution in [1.82, 2.24) is 0 Å². The van der Waals surface area contributed by atoms with Crippen LogP contribution in [0.3, 0.4) is 0 Å². The fourth-order valence-electron chi connectivity index (χ4n) is 6.78. The van der Waals surface area contributed by atoms with Crippen molar-refractivity contribution in [1.29, 1.82) is 0 Å². The van der Waals surface area contributed by atoms with Crippen LogP contribution in [0.25, 0.3) is 11.6 Å². The van der Waals surface area contributed by atoms with Gasteiger partial charge in [0.1, 0.15) is 10.6 Å². The van der Waals surface area contributed by atoms with Crippen LogP contribution in [0.2, 0.25) is 0 Å². The Bertz CT molecular complexity index is 1790. The maximum absolute atomic E-state index is 12.9. The second kappa shape index (κ2) is 8.44. The van der Waals surface area contributed by atoms with Crippen molar-refractivity contribution in [3.63, 3.8) is 0 Å². The number of ether oxygens (including phenoxy) is 1. The second-order valence-corrected chi connectivity index (χ2v) is 11.8. The molecule has 0 amide bonds. The summed E-state index contributed by atoms with van der Waals surface area (Å²) in [5, 5.41) is 11.1. The van der Waals surface area contributed by atoms with E-state index < -0.39 is 16.1 Å². The van der Waals surface area contributed by atoms with Gasteiger partial charge in [-0.2, -0.15) is 8.42 Å². The van der Waals surface area contributed by atoms with E-state index in [-0.39, 0.29) is 16.2 Å². The van der Waals surface area contributed by atoms with E-state index in [1.807, 2.05) is 12.1 Å². The number of fused-ring (bicyclic) bond motifs is 4. The van der Waals surface area contributed by atoms with E-state index in [2.05, 4.69) is 11.0 Å². The zero-order valence-electron chi connectivity index (χ0n) is 20.8. The largest absolute Gasteiger partial charge is 0.478 e. The van der Waals surface area contributed by atoms with Crippen molar-refractivity contribution in [3.05, 3.63) is 80.2 Å². The Kier molecular flexibility index (Phi) is 5.22. The first-order chi connectivity index (χ1) is 18.3. The van der Waals surface area contributed by atoms with Gasteiger partial charge < -0.3 is 14.7 Å². The lowest BCUT2D eigenvalue weighted by Crippen LogP contribution is -2.36. The fraction of sp³-hybridized carbons (Fsp3) is 0.300. The van der Waals surface area contributed by atoms with E-state index in [1.165, 1.54) is 5.56 Å². The molecule has 3 heterocycles. The quantitative estimate of drug-likeness (QED) is 0.389. The minimum Gasteiger partial charge on any atom is -0.478 e. The maximum atomic E-state index is 12.9. The first-order valence-electron chi connectivity index (χ1n) is 13.2. The molecule has 8 heteroatoms. The van der Waals surface area contributed by atoms with E-state index in [4.69, 9.17) is 4.74 Å². The Labute approximate surface area is 220 Å². The Morgan fingerprint density at radius 3 is 2.47 bits per heavy atom. The molecule has 7 rings (SSSR count). The Balaban J connectivity index is 1.69. The summed E-state index contributed by atoms with van der Waals surface area (Å²) in [5.41, 5.74) is 6.27. The van der Waals surface area contributed by atoms with Crippen LogP contribution in [0, 0.1) is 0 Å². The lowest BCUT2D eigenvalue weighted by Gasteiger charge is -2.39. The molecule has 0 radical (unpaired) electrons. The molecule has 3 aromatic rings. The predicted octanol–water partition coefficient (Wildman–Crippen LogP) is 3.80. The molecule has 3 aliphatic heterocycles.